The van der Waals surface area contributed by atoms with E-state index in [1.165, 1.54) is 27.2 Å². The fraction of sp³-hybridized carbons (Fsp3) is 0.158. The third kappa shape index (κ3) is 3.33. The van der Waals surface area contributed by atoms with Crippen LogP contribution in [0.3, 0.4) is 0 Å². The molecule has 3 rings (SSSR count). The molecule has 128 valence electrons. The second kappa shape index (κ2) is 6.68. The van der Waals surface area contributed by atoms with Gasteiger partial charge in [-0.3, -0.25) is 9.59 Å². The van der Waals surface area contributed by atoms with Crippen LogP contribution >= 0.6 is 0 Å². The maximum absolute atomic E-state index is 12.5. The Labute approximate surface area is 143 Å². The zero-order chi connectivity index (χ0) is 18.0. The monoisotopic (exact) mass is 340 g/mol. The van der Waals surface area contributed by atoms with E-state index in [2.05, 4.69) is 0 Å². The topological polar surface area (TPSA) is 75.0 Å². The van der Waals surface area contributed by atoms with Crippen LogP contribution in [0.15, 0.2) is 51.7 Å². The van der Waals surface area contributed by atoms with Crippen LogP contribution in [0.5, 0.6) is 17.2 Å². The van der Waals surface area contributed by atoms with Crippen molar-refractivity contribution in [2.45, 2.75) is 6.92 Å². The zero-order valence-corrected chi connectivity index (χ0v) is 14.0. The normalized spacial score (nSPS) is 10.5. The Morgan fingerprint density at radius 2 is 1.68 bits per heavy atom. The SMILES string of the molecule is COc1cc(OC)c2c(=O)cc(-c3ccc(OC(C)=O)cc3)oc2c1. The van der Waals surface area contributed by atoms with Crippen LogP contribution in [0.1, 0.15) is 6.92 Å². The summed E-state index contributed by atoms with van der Waals surface area (Å²) in [5, 5.41) is 0.351. The van der Waals surface area contributed by atoms with Crippen molar-refractivity contribution in [3.8, 4) is 28.6 Å². The van der Waals surface area contributed by atoms with E-state index in [1.807, 2.05) is 0 Å². The minimum atomic E-state index is -0.399. The first-order chi connectivity index (χ1) is 12.0. The highest BCUT2D eigenvalue weighted by Gasteiger charge is 2.13. The fourth-order valence-electron chi connectivity index (χ4n) is 2.50. The standard InChI is InChI=1S/C19H16O6/c1-11(20)24-13-6-4-12(5-7-13)16-10-15(21)19-17(23-3)8-14(22-2)9-18(19)25-16/h4-10H,1-3H3. The molecule has 0 spiro atoms. The summed E-state index contributed by atoms with van der Waals surface area (Å²) < 4.78 is 21.3. The van der Waals surface area contributed by atoms with E-state index in [-0.39, 0.29) is 5.43 Å². The van der Waals surface area contributed by atoms with Crippen LogP contribution in [-0.4, -0.2) is 20.2 Å². The molecule has 0 aliphatic rings. The summed E-state index contributed by atoms with van der Waals surface area (Å²) in [5.74, 6) is 1.32. The molecule has 0 aliphatic carbocycles. The number of hydrogen-bond acceptors (Lipinski definition) is 6. The number of benzene rings is 2. The average molecular weight is 340 g/mol. The van der Waals surface area contributed by atoms with E-state index < -0.39 is 5.97 Å². The third-order valence-electron chi connectivity index (χ3n) is 3.62. The smallest absolute Gasteiger partial charge is 0.308 e. The van der Waals surface area contributed by atoms with Crippen molar-refractivity contribution in [1.29, 1.82) is 0 Å². The molecule has 2 aromatic carbocycles. The molecule has 0 saturated carbocycles. The van der Waals surface area contributed by atoms with Crippen molar-refractivity contribution in [2.24, 2.45) is 0 Å². The Kier molecular flexibility index (Phi) is 4.43. The predicted octanol–water partition coefficient (Wildman–Crippen LogP) is 3.40. The van der Waals surface area contributed by atoms with Crippen LogP contribution in [-0.2, 0) is 4.79 Å². The van der Waals surface area contributed by atoms with Crippen molar-refractivity contribution in [3.63, 3.8) is 0 Å². The van der Waals surface area contributed by atoms with Gasteiger partial charge in [-0.2, -0.15) is 0 Å². The Hall–Kier alpha value is -3.28. The molecule has 0 unspecified atom stereocenters. The second-order valence-corrected chi connectivity index (χ2v) is 5.30. The minimum Gasteiger partial charge on any atom is -0.496 e. The number of rotatable bonds is 4. The predicted molar refractivity (Wildman–Crippen MR) is 92.3 cm³/mol. The summed E-state index contributed by atoms with van der Waals surface area (Å²) in [6, 6.07) is 11.3. The molecule has 6 nitrogen and oxygen atoms in total. The molecule has 0 radical (unpaired) electrons. The highest BCUT2D eigenvalue weighted by atomic mass is 16.5. The molecule has 0 amide bonds. The lowest BCUT2D eigenvalue weighted by atomic mass is 10.1. The summed E-state index contributed by atoms with van der Waals surface area (Å²) in [7, 11) is 3.01. The number of fused-ring (bicyclic) bond motifs is 1. The molecule has 1 aromatic heterocycles. The van der Waals surface area contributed by atoms with Gasteiger partial charge in [0.1, 0.15) is 34.0 Å². The van der Waals surface area contributed by atoms with Gasteiger partial charge in [0.25, 0.3) is 0 Å². The van der Waals surface area contributed by atoms with Gasteiger partial charge in [0.15, 0.2) is 5.43 Å². The number of carbonyl (C=O) groups is 1. The van der Waals surface area contributed by atoms with Gasteiger partial charge in [0, 0.05) is 30.7 Å². The lowest BCUT2D eigenvalue weighted by Crippen LogP contribution is -2.03. The average Bonchev–Trinajstić information content (AvgIpc) is 2.60. The molecule has 0 bridgehead atoms. The molecule has 0 N–H and O–H groups in total. The lowest BCUT2D eigenvalue weighted by molar-refractivity contribution is -0.131. The molecule has 3 aromatic rings. The summed E-state index contributed by atoms with van der Waals surface area (Å²) >= 11 is 0. The van der Waals surface area contributed by atoms with Gasteiger partial charge in [-0.1, -0.05) is 0 Å². The van der Waals surface area contributed by atoms with E-state index in [4.69, 9.17) is 18.6 Å². The van der Waals surface area contributed by atoms with E-state index in [1.54, 1.807) is 36.4 Å². The van der Waals surface area contributed by atoms with Gasteiger partial charge in [-0.05, 0) is 24.3 Å². The summed E-state index contributed by atoms with van der Waals surface area (Å²) in [5.41, 5.74) is 0.819. The first-order valence-corrected chi connectivity index (χ1v) is 7.50. The van der Waals surface area contributed by atoms with Crippen LogP contribution in [0.25, 0.3) is 22.3 Å². The quantitative estimate of drug-likeness (QED) is 0.535. The number of esters is 1. The molecule has 0 saturated heterocycles. The van der Waals surface area contributed by atoms with E-state index in [0.29, 0.717) is 39.5 Å². The van der Waals surface area contributed by atoms with Crippen LogP contribution in [0.4, 0.5) is 0 Å². The summed E-state index contributed by atoms with van der Waals surface area (Å²) in [4.78, 5) is 23.5. The first-order valence-electron chi connectivity index (χ1n) is 7.50. The Morgan fingerprint density at radius 3 is 2.28 bits per heavy atom. The van der Waals surface area contributed by atoms with E-state index in [0.717, 1.165) is 0 Å². The summed E-state index contributed by atoms with van der Waals surface area (Å²) in [6.45, 7) is 1.33. The third-order valence-corrected chi connectivity index (χ3v) is 3.62. The number of hydrogen-bond donors (Lipinski definition) is 0. The molecule has 1 heterocycles. The molecular weight excluding hydrogens is 324 g/mol. The van der Waals surface area contributed by atoms with E-state index >= 15 is 0 Å². The minimum absolute atomic E-state index is 0.222. The molecule has 0 fully saturated rings. The molecule has 0 aliphatic heterocycles. The number of ether oxygens (including phenoxy) is 3. The van der Waals surface area contributed by atoms with Gasteiger partial charge in [0.2, 0.25) is 0 Å². The Bertz CT molecular complexity index is 985. The van der Waals surface area contributed by atoms with Gasteiger partial charge >= 0.3 is 5.97 Å². The summed E-state index contributed by atoms with van der Waals surface area (Å²) in [6.07, 6.45) is 0. The number of carbonyl (C=O) groups excluding carboxylic acids is 1. The van der Waals surface area contributed by atoms with Crippen LogP contribution < -0.4 is 19.6 Å². The van der Waals surface area contributed by atoms with Crippen molar-refractivity contribution in [2.75, 3.05) is 14.2 Å². The van der Waals surface area contributed by atoms with Crippen molar-refractivity contribution in [3.05, 3.63) is 52.7 Å². The fourth-order valence-corrected chi connectivity index (χ4v) is 2.50. The molecule has 6 heteroatoms. The Morgan fingerprint density at radius 1 is 0.960 bits per heavy atom. The lowest BCUT2D eigenvalue weighted by Gasteiger charge is -2.09. The highest BCUT2D eigenvalue weighted by molar-refractivity contribution is 5.86. The van der Waals surface area contributed by atoms with Gasteiger partial charge in [-0.25, -0.2) is 0 Å². The van der Waals surface area contributed by atoms with Crippen LogP contribution in [0, 0.1) is 0 Å². The van der Waals surface area contributed by atoms with Crippen LogP contribution in [0.2, 0.25) is 0 Å². The van der Waals surface area contributed by atoms with Gasteiger partial charge in [0.05, 0.1) is 14.2 Å². The van der Waals surface area contributed by atoms with Crippen molar-refractivity contribution in [1.82, 2.24) is 0 Å². The molecular formula is C19H16O6. The first kappa shape index (κ1) is 16.6. The van der Waals surface area contributed by atoms with Crippen molar-refractivity contribution < 1.29 is 23.4 Å². The zero-order valence-electron chi connectivity index (χ0n) is 14.0. The maximum Gasteiger partial charge on any atom is 0.308 e. The van der Waals surface area contributed by atoms with Crippen molar-refractivity contribution >= 4 is 16.9 Å². The Balaban J connectivity index is 2.11. The van der Waals surface area contributed by atoms with Gasteiger partial charge < -0.3 is 18.6 Å². The molecule has 0 atom stereocenters. The van der Waals surface area contributed by atoms with E-state index in [9.17, 15) is 9.59 Å². The highest BCUT2D eigenvalue weighted by Crippen LogP contribution is 2.32. The number of methoxy groups -OCH3 is 2. The van der Waals surface area contributed by atoms with Gasteiger partial charge in [-0.15, -0.1) is 0 Å². The maximum atomic E-state index is 12.5. The molecule has 25 heavy (non-hydrogen) atoms. The largest absolute Gasteiger partial charge is 0.496 e. The second-order valence-electron chi connectivity index (χ2n) is 5.30.